The van der Waals surface area contributed by atoms with Crippen molar-refractivity contribution in [2.45, 2.75) is 82.4 Å². The standard InChI is InChI=1S/C30H35FN12O2/c1-17-11-24(41-40-17)37-27-22-13-35-43(21-5-4-6-21)28(22)39-26(38-27)19-7-9-30(45-3,10-8-19)29(44)36-18(2)23-14-33-25(15-32-23)42-16-20(31)12-34-42/h11-16,18-19,21H,4-10H2,1-3H3,(H,36,44)(H2,37,38,39,40,41)/t18-,19-,30+/m0/s1. The number of methoxy groups -OCH3 is 1. The third kappa shape index (κ3) is 5.52. The predicted octanol–water partition coefficient (Wildman–Crippen LogP) is 4.36. The number of fused-ring (bicyclic) bond motifs is 1. The average Bonchev–Trinajstić information content (AvgIpc) is 3.76. The fourth-order valence-corrected chi connectivity index (χ4v) is 6.09. The number of nitrogens with one attached hydrogen (secondary N) is 3. The molecule has 5 aromatic heterocycles. The molecule has 0 bridgehead atoms. The van der Waals surface area contributed by atoms with E-state index in [0.717, 1.165) is 41.6 Å². The molecule has 14 nitrogen and oxygen atoms in total. The number of aromatic nitrogens is 10. The SMILES string of the molecule is CO[C@]1(C(=O)N[C@@H](C)c2cnc(-n3cc(F)cn3)cn2)CC[C@H](c2nc(Nc3cc(C)[nH]n3)c3cnn(C4CCC4)c3n2)CC1. The van der Waals surface area contributed by atoms with E-state index >= 15 is 0 Å². The average molecular weight is 615 g/mol. The quantitative estimate of drug-likeness (QED) is 0.217. The zero-order valence-corrected chi connectivity index (χ0v) is 25.4. The molecular formula is C30H35FN12O2. The first-order chi connectivity index (χ1) is 21.8. The van der Waals surface area contributed by atoms with Gasteiger partial charge in [0.05, 0.1) is 54.1 Å². The van der Waals surface area contributed by atoms with Gasteiger partial charge in [-0.1, -0.05) is 0 Å². The van der Waals surface area contributed by atoms with Crippen molar-refractivity contribution in [2.75, 3.05) is 12.4 Å². The lowest BCUT2D eigenvalue weighted by Crippen LogP contribution is -2.51. The first kappa shape index (κ1) is 29.0. The summed E-state index contributed by atoms with van der Waals surface area (Å²) in [6.45, 7) is 3.79. The normalized spacial score (nSPS) is 21.0. The molecule has 2 aliphatic rings. The van der Waals surface area contributed by atoms with Crippen LogP contribution in [-0.4, -0.2) is 68.3 Å². The van der Waals surface area contributed by atoms with Gasteiger partial charge < -0.3 is 15.4 Å². The molecule has 0 spiro atoms. The maximum absolute atomic E-state index is 13.6. The molecule has 15 heteroatoms. The highest BCUT2D eigenvalue weighted by atomic mass is 19.1. The Kier molecular flexibility index (Phi) is 7.47. The lowest BCUT2D eigenvalue weighted by Gasteiger charge is -2.38. The van der Waals surface area contributed by atoms with Crippen LogP contribution < -0.4 is 10.6 Å². The van der Waals surface area contributed by atoms with Crippen LogP contribution in [0.3, 0.4) is 0 Å². The summed E-state index contributed by atoms with van der Waals surface area (Å²) in [4.78, 5) is 32.4. The summed E-state index contributed by atoms with van der Waals surface area (Å²) in [5.41, 5.74) is 1.34. The Labute approximate surface area is 258 Å². The number of hydrogen-bond acceptors (Lipinski definition) is 10. The van der Waals surface area contributed by atoms with Crippen molar-refractivity contribution in [2.24, 2.45) is 0 Å². The number of ether oxygens (including phenoxy) is 1. The lowest BCUT2D eigenvalue weighted by atomic mass is 9.77. The second kappa shape index (κ2) is 11.6. The van der Waals surface area contributed by atoms with Gasteiger partial charge in [-0.15, -0.1) is 0 Å². The van der Waals surface area contributed by atoms with Gasteiger partial charge in [-0.2, -0.15) is 15.3 Å². The maximum Gasteiger partial charge on any atom is 0.252 e. The van der Waals surface area contributed by atoms with Crippen LogP contribution in [0.2, 0.25) is 0 Å². The van der Waals surface area contributed by atoms with Crippen LogP contribution in [0, 0.1) is 12.7 Å². The zero-order valence-electron chi connectivity index (χ0n) is 25.4. The molecule has 234 valence electrons. The molecule has 0 unspecified atom stereocenters. The van der Waals surface area contributed by atoms with Crippen molar-refractivity contribution in [3.05, 3.63) is 60.1 Å². The number of carbonyl (C=O) groups is 1. The van der Waals surface area contributed by atoms with Gasteiger partial charge >= 0.3 is 0 Å². The minimum Gasteiger partial charge on any atom is -0.368 e. The second-order valence-corrected chi connectivity index (χ2v) is 12.0. The number of nitrogens with zero attached hydrogens (tertiary/aromatic N) is 9. The molecule has 0 saturated heterocycles. The van der Waals surface area contributed by atoms with Crippen molar-refractivity contribution < 1.29 is 13.9 Å². The molecule has 0 aromatic carbocycles. The zero-order chi connectivity index (χ0) is 31.1. The van der Waals surface area contributed by atoms with E-state index in [1.54, 1.807) is 13.3 Å². The number of aromatic amines is 1. The van der Waals surface area contributed by atoms with E-state index in [2.05, 4.69) is 41.0 Å². The molecule has 2 saturated carbocycles. The third-order valence-electron chi connectivity index (χ3n) is 9.04. The van der Waals surface area contributed by atoms with Gasteiger partial charge in [-0.3, -0.25) is 14.9 Å². The first-order valence-electron chi connectivity index (χ1n) is 15.2. The lowest BCUT2D eigenvalue weighted by molar-refractivity contribution is -0.148. The molecule has 5 aromatic rings. The van der Waals surface area contributed by atoms with Gasteiger partial charge in [0.15, 0.2) is 23.1 Å². The van der Waals surface area contributed by atoms with Crippen LogP contribution in [0.25, 0.3) is 16.9 Å². The van der Waals surface area contributed by atoms with Gasteiger partial charge in [0, 0.05) is 24.8 Å². The molecular weight excluding hydrogens is 579 g/mol. The van der Waals surface area contributed by atoms with E-state index in [0.29, 0.717) is 54.9 Å². The van der Waals surface area contributed by atoms with Crippen LogP contribution in [0.4, 0.5) is 16.0 Å². The Bertz CT molecular complexity index is 1820. The molecule has 2 aliphatic carbocycles. The number of amides is 1. The maximum atomic E-state index is 13.6. The molecule has 2 fully saturated rings. The van der Waals surface area contributed by atoms with Gasteiger partial charge in [0.2, 0.25) is 0 Å². The molecule has 0 aliphatic heterocycles. The van der Waals surface area contributed by atoms with Crippen LogP contribution >= 0.6 is 0 Å². The molecule has 3 N–H and O–H groups in total. The largest absolute Gasteiger partial charge is 0.368 e. The summed E-state index contributed by atoms with van der Waals surface area (Å²) >= 11 is 0. The van der Waals surface area contributed by atoms with Crippen molar-refractivity contribution in [3.8, 4) is 5.82 Å². The van der Waals surface area contributed by atoms with Crippen LogP contribution in [-0.2, 0) is 9.53 Å². The minimum absolute atomic E-state index is 0.0413. The van der Waals surface area contributed by atoms with Crippen molar-refractivity contribution in [3.63, 3.8) is 0 Å². The van der Waals surface area contributed by atoms with Crippen molar-refractivity contribution >= 4 is 28.6 Å². The molecule has 0 radical (unpaired) electrons. The van der Waals surface area contributed by atoms with E-state index < -0.39 is 17.5 Å². The molecule has 7 rings (SSSR count). The Balaban J connectivity index is 1.07. The topological polar surface area (TPSA) is 166 Å². The highest BCUT2D eigenvalue weighted by Crippen LogP contribution is 2.41. The fraction of sp³-hybridized carbons (Fsp3) is 0.467. The molecule has 5 heterocycles. The predicted molar refractivity (Wildman–Crippen MR) is 161 cm³/mol. The van der Waals surface area contributed by atoms with E-state index in [1.807, 2.05) is 30.8 Å². The number of hydrogen-bond donors (Lipinski definition) is 3. The summed E-state index contributed by atoms with van der Waals surface area (Å²) < 4.78 is 22.6. The fourth-order valence-electron chi connectivity index (χ4n) is 6.09. The van der Waals surface area contributed by atoms with Crippen molar-refractivity contribution in [1.82, 2.24) is 55.0 Å². The molecule has 45 heavy (non-hydrogen) atoms. The first-order valence-corrected chi connectivity index (χ1v) is 15.2. The van der Waals surface area contributed by atoms with Gasteiger partial charge in [0.25, 0.3) is 5.91 Å². The van der Waals surface area contributed by atoms with Gasteiger partial charge in [-0.25, -0.2) is 28.7 Å². The smallest absolute Gasteiger partial charge is 0.252 e. The Morgan fingerprint density at radius 2 is 1.93 bits per heavy atom. The van der Waals surface area contributed by atoms with E-state index in [4.69, 9.17) is 14.7 Å². The van der Waals surface area contributed by atoms with Gasteiger partial charge in [-0.05, 0) is 58.8 Å². The van der Waals surface area contributed by atoms with E-state index in [-0.39, 0.29) is 11.8 Å². The van der Waals surface area contributed by atoms with Gasteiger partial charge in [0.1, 0.15) is 17.2 Å². The summed E-state index contributed by atoms with van der Waals surface area (Å²) in [7, 11) is 1.58. The Morgan fingerprint density at radius 3 is 2.56 bits per heavy atom. The second-order valence-electron chi connectivity index (χ2n) is 12.0. The van der Waals surface area contributed by atoms with Crippen LogP contribution in [0.15, 0.2) is 37.1 Å². The van der Waals surface area contributed by atoms with Crippen molar-refractivity contribution in [1.29, 1.82) is 0 Å². The number of rotatable bonds is 9. The Hall–Kier alpha value is -4.79. The summed E-state index contributed by atoms with van der Waals surface area (Å²) in [5.74, 6) is 1.83. The minimum atomic E-state index is -0.990. The summed E-state index contributed by atoms with van der Waals surface area (Å²) in [5, 5.41) is 23.2. The highest BCUT2D eigenvalue weighted by molar-refractivity contribution is 5.88. The van der Waals surface area contributed by atoms with E-state index in [9.17, 15) is 9.18 Å². The third-order valence-corrected chi connectivity index (χ3v) is 9.04. The number of anilines is 2. The number of carbonyl (C=O) groups excluding carboxylic acids is 1. The number of aryl methyl sites for hydroxylation is 1. The van der Waals surface area contributed by atoms with E-state index in [1.165, 1.54) is 23.5 Å². The highest BCUT2D eigenvalue weighted by Gasteiger charge is 2.43. The van der Waals surface area contributed by atoms with Crippen LogP contribution in [0.1, 0.15) is 87.1 Å². The Morgan fingerprint density at radius 1 is 1.11 bits per heavy atom. The monoisotopic (exact) mass is 614 g/mol. The molecule has 1 amide bonds. The summed E-state index contributed by atoms with van der Waals surface area (Å²) in [6, 6.07) is 1.85. The summed E-state index contributed by atoms with van der Waals surface area (Å²) in [6.07, 6.45) is 12.9. The van der Waals surface area contributed by atoms with Crippen LogP contribution in [0.5, 0.6) is 0 Å². The number of H-pyrrole nitrogens is 1. The molecule has 1 atom stereocenters. The number of halogens is 1.